The average molecular weight is 352 g/mol. The summed E-state index contributed by atoms with van der Waals surface area (Å²) in [6.07, 6.45) is 2.63. The highest BCUT2D eigenvalue weighted by molar-refractivity contribution is 6.31. The molecule has 0 saturated heterocycles. The molecule has 0 aromatic carbocycles. The number of carbonyl (C=O) groups excluding carboxylic acids is 1. The van der Waals surface area contributed by atoms with E-state index in [0.717, 1.165) is 29.2 Å². The molecule has 1 N–H and O–H groups in total. The maximum absolute atomic E-state index is 12.8. The highest BCUT2D eigenvalue weighted by Crippen LogP contribution is 2.25. The van der Waals surface area contributed by atoms with E-state index in [1.165, 1.54) is 0 Å². The Balaban J connectivity index is 2.19. The van der Waals surface area contributed by atoms with Crippen LogP contribution in [0.15, 0.2) is 6.20 Å². The van der Waals surface area contributed by atoms with Gasteiger partial charge in [-0.25, -0.2) is 0 Å². The molecule has 24 heavy (non-hydrogen) atoms. The van der Waals surface area contributed by atoms with Crippen LogP contribution in [0.2, 0.25) is 5.02 Å². The van der Waals surface area contributed by atoms with Crippen molar-refractivity contribution in [1.29, 1.82) is 0 Å². The van der Waals surface area contributed by atoms with Crippen molar-refractivity contribution in [2.24, 2.45) is 0 Å². The predicted molar refractivity (Wildman–Crippen MR) is 95.2 cm³/mol. The zero-order valence-corrected chi connectivity index (χ0v) is 16.0. The Labute approximate surface area is 148 Å². The van der Waals surface area contributed by atoms with Crippen LogP contribution < -0.4 is 5.32 Å². The summed E-state index contributed by atoms with van der Waals surface area (Å²) in [5, 5.41) is 12.6. The van der Waals surface area contributed by atoms with Gasteiger partial charge in [0.2, 0.25) is 5.91 Å². The summed E-state index contributed by atoms with van der Waals surface area (Å²) in [5.41, 5.74) is 3.53. The predicted octanol–water partition coefficient (Wildman–Crippen LogP) is 3.51. The molecule has 2 rings (SSSR count). The lowest BCUT2D eigenvalue weighted by atomic mass is 10.1. The van der Waals surface area contributed by atoms with Crippen molar-refractivity contribution in [3.05, 3.63) is 33.9 Å². The van der Waals surface area contributed by atoms with E-state index in [9.17, 15) is 4.79 Å². The smallest absolute Gasteiger partial charge is 0.245 e. The van der Waals surface area contributed by atoms with Gasteiger partial charge in [-0.15, -0.1) is 0 Å². The van der Waals surface area contributed by atoms with Crippen LogP contribution in [0.4, 0.5) is 0 Å². The highest BCUT2D eigenvalue weighted by Gasteiger charge is 2.25. The zero-order chi connectivity index (χ0) is 18.0. The van der Waals surface area contributed by atoms with Gasteiger partial charge in [-0.05, 0) is 41.0 Å². The van der Waals surface area contributed by atoms with Gasteiger partial charge in [-0.1, -0.05) is 18.5 Å². The summed E-state index contributed by atoms with van der Waals surface area (Å²) in [6, 6.07) is -0.487. The quantitative estimate of drug-likeness (QED) is 0.866. The molecule has 0 spiro atoms. The molecule has 1 amide bonds. The Bertz CT molecular complexity index is 734. The molecule has 2 heterocycles. The third kappa shape index (κ3) is 3.48. The number of amides is 1. The first kappa shape index (κ1) is 18.5. The highest BCUT2D eigenvalue weighted by atomic mass is 35.5. The maximum Gasteiger partial charge on any atom is 0.245 e. The fraction of sp³-hybridized carbons (Fsp3) is 0.588. The number of aryl methyl sites for hydroxylation is 3. The lowest BCUT2D eigenvalue weighted by Gasteiger charge is -2.20. The molecule has 0 aliphatic carbocycles. The third-order valence-corrected chi connectivity index (χ3v) is 4.90. The number of hydrogen-bond acceptors (Lipinski definition) is 3. The van der Waals surface area contributed by atoms with Crippen molar-refractivity contribution in [3.63, 3.8) is 0 Å². The van der Waals surface area contributed by atoms with Gasteiger partial charge < -0.3 is 5.32 Å². The van der Waals surface area contributed by atoms with Crippen molar-refractivity contribution in [1.82, 2.24) is 24.9 Å². The number of nitrogens with one attached hydrogen (secondary N) is 1. The lowest BCUT2D eigenvalue weighted by molar-refractivity contribution is -0.125. The van der Waals surface area contributed by atoms with E-state index in [2.05, 4.69) is 15.5 Å². The fourth-order valence-electron chi connectivity index (χ4n) is 2.92. The van der Waals surface area contributed by atoms with Crippen molar-refractivity contribution in [2.45, 2.75) is 66.6 Å². The second kappa shape index (κ2) is 7.38. The Kier molecular flexibility index (Phi) is 5.70. The van der Waals surface area contributed by atoms with Crippen LogP contribution in [-0.2, 0) is 11.3 Å². The number of nitrogens with zero attached hydrogens (tertiary/aromatic N) is 4. The number of halogens is 1. The van der Waals surface area contributed by atoms with Gasteiger partial charge in [0, 0.05) is 18.3 Å². The molecule has 0 radical (unpaired) electrons. The first-order chi connectivity index (χ1) is 11.3. The second-order valence-corrected chi connectivity index (χ2v) is 6.49. The van der Waals surface area contributed by atoms with E-state index in [1.54, 1.807) is 4.68 Å². The molecule has 0 aliphatic heterocycles. The fourth-order valence-corrected chi connectivity index (χ4v) is 3.05. The molecule has 0 fully saturated rings. The molecule has 0 aliphatic rings. The molecule has 7 heteroatoms. The Morgan fingerprint density at radius 1 is 1.25 bits per heavy atom. The van der Waals surface area contributed by atoms with Crippen LogP contribution in [0.1, 0.15) is 61.9 Å². The first-order valence-corrected chi connectivity index (χ1v) is 8.73. The van der Waals surface area contributed by atoms with E-state index in [4.69, 9.17) is 11.6 Å². The van der Waals surface area contributed by atoms with Gasteiger partial charge in [-0.2, -0.15) is 10.2 Å². The van der Waals surface area contributed by atoms with E-state index in [-0.39, 0.29) is 18.0 Å². The lowest BCUT2D eigenvalue weighted by Crippen LogP contribution is -2.35. The molecule has 2 aromatic heterocycles. The Hall–Kier alpha value is -1.82. The van der Waals surface area contributed by atoms with Gasteiger partial charge in [0.25, 0.3) is 0 Å². The minimum absolute atomic E-state index is 0.0593. The van der Waals surface area contributed by atoms with Crippen LogP contribution in [0.5, 0.6) is 0 Å². The molecule has 6 nitrogen and oxygen atoms in total. The van der Waals surface area contributed by atoms with Crippen LogP contribution in [0.25, 0.3) is 0 Å². The molecule has 0 saturated carbocycles. The third-order valence-electron chi connectivity index (χ3n) is 4.35. The van der Waals surface area contributed by atoms with Gasteiger partial charge in [0.05, 0.1) is 28.1 Å². The molecule has 132 valence electrons. The normalized spacial score (nSPS) is 13.8. The van der Waals surface area contributed by atoms with Crippen LogP contribution in [0, 0.1) is 20.8 Å². The molecule has 2 aromatic rings. The summed E-state index contributed by atoms with van der Waals surface area (Å²) >= 11 is 6.22. The van der Waals surface area contributed by atoms with E-state index < -0.39 is 0 Å². The van der Waals surface area contributed by atoms with Crippen molar-refractivity contribution in [3.8, 4) is 0 Å². The minimum Gasteiger partial charge on any atom is -0.348 e. The topological polar surface area (TPSA) is 64.7 Å². The molecule has 2 atom stereocenters. The summed E-state index contributed by atoms with van der Waals surface area (Å²) in [5.74, 6) is -0.0593. The zero-order valence-electron chi connectivity index (χ0n) is 15.2. The molecule has 2 unspecified atom stereocenters. The molecular weight excluding hydrogens is 326 g/mol. The summed E-state index contributed by atoms with van der Waals surface area (Å²) in [7, 11) is 0. The number of carbonyl (C=O) groups is 1. The largest absolute Gasteiger partial charge is 0.348 e. The van der Waals surface area contributed by atoms with Gasteiger partial charge in [-0.3, -0.25) is 14.2 Å². The van der Waals surface area contributed by atoms with E-state index >= 15 is 0 Å². The number of rotatable bonds is 6. The Morgan fingerprint density at radius 2 is 1.92 bits per heavy atom. The summed E-state index contributed by atoms with van der Waals surface area (Å²) in [6.45, 7) is 12.5. The standard InChI is InChI=1S/C17H26ClN5O/c1-7-15(23-13(6)16(18)12(5)21-23)17(24)19-10(3)14-9-22(8-2)20-11(14)4/h9-10,15H,7-8H2,1-6H3,(H,19,24). The SMILES string of the molecule is CCC(C(=O)NC(C)c1cn(CC)nc1C)n1nc(C)c(Cl)c1C. The average Bonchev–Trinajstić information content (AvgIpc) is 3.04. The summed E-state index contributed by atoms with van der Waals surface area (Å²) in [4.78, 5) is 12.8. The van der Waals surface area contributed by atoms with Crippen LogP contribution >= 0.6 is 11.6 Å². The second-order valence-electron chi connectivity index (χ2n) is 6.11. The van der Waals surface area contributed by atoms with Gasteiger partial charge >= 0.3 is 0 Å². The van der Waals surface area contributed by atoms with E-state index in [1.807, 2.05) is 52.4 Å². The van der Waals surface area contributed by atoms with Crippen molar-refractivity contribution < 1.29 is 4.79 Å². The summed E-state index contributed by atoms with van der Waals surface area (Å²) < 4.78 is 3.60. The maximum atomic E-state index is 12.8. The van der Waals surface area contributed by atoms with Gasteiger partial charge in [0.1, 0.15) is 6.04 Å². The molecular formula is C17H26ClN5O. The van der Waals surface area contributed by atoms with Gasteiger partial charge in [0.15, 0.2) is 0 Å². The van der Waals surface area contributed by atoms with Crippen LogP contribution in [0.3, 0.4) is 0 Å². The minimum atomic E-state index is -0.375. The number of aromatic nitrogens is 4. The number of hydrogen-bond donors (Lipinski definition) is 1. The molecule has 0 bridgehead atoms. The first-order valence-electron chi connectivity index (χ1n) is 8.35. The monoisotopic (exact) mass is 351 g/mol. The van der Waals surface area contributed by atoms with Crippen molar-refractivity contribution in [2.75, 3.05) is 0 Å². The van der Waals surface area contributed by atoms with E-state index in [0.29, 0.717) is 11.4 Å². The Morgan fingerprint density at radius 3 is 2.38 bits per heavy atom. The van der Waals surface area contributed by atoms with Crippen molar-refractivity contribution >= 4 is 17.5 Å². The van der Waals surface area contributed by atoms with Crippen LogP contribution in [-0.4, -0.2) is 25.5 Å².